The minimum atomic E-state index is -3.91. The summed E-state index contributed by atoms with van der Waals surface area (Å²) in [7, 11) is -2.70. The summed E-state index contributed by atoms with van der Waals surface area (Å²) in [5.41, 5.74) is -0.641. The zero-order valence-electron chi connectivity index (χ0n) is 17.0. The number of carbonyl (C=O) groups is 2. The van der Waals surface area contributed by atoms with E-state index in [1.807, 2.05) is 0 Å². The molecule has 0 atom stereocenters. The number of sulfonamides is 1. The van der Waals surface area contributed by atoms with Crippen LogP contribution in [-0.2, 0) is 19.6 Å². The molecule has 0 radical (unpaired) electrons. The van der Waals surface area contributed by atoms with Gasteiger partial charge >= 0.3 is 0 Å². The highest BCUT2D eigenvalue weighted by atomic mass is 35.5. The Morgan fingerprint density at radius 3 is 2.41 bits per heavy atom. The molecule has 2 amide bonds. The summed E-state index contributed by atoms with van der Waals surface area (Å²) in [5.74, 6) is -3.80. The molecule has 3 rings (SSSR count). The van der Waals surface area contributed by atoms with Crippen LogP contribution in [0.1, 0.15) is 10.4 Å². The summed E-state index contributed by atoms with van der Waals surface area (Å²) in [4.78, 5) is 25.4. The van der Waals surface area contributed by atoms with Gasteiger partial charge in [0.2, 0.25) is 15.9 Å². The number of ether oxygens (including phenoxy) is 1. The molecule has 8 nitrogen and oxygen atoms in total. The predicted octanol–water partition coefficient (Wildman–Crippen LogP) is 2.35. The van der Waals surface area contributed by atoms with E-state index in [-0.39, 0.29) is 41.9 Å². The first-order chi connectivity index (χ1) is 15.1. The molecule has 0 bridgehead atoms. The number of likely N-dealkylation sites (N-methyl/N-ethyl adjacent to an activating group) is 1. The molecule has 0 aliphatic carbocycles. The van der Waals surface area contributed by atoms with E-state index in [1.165, 1.54) is 29.6 Å². The number of nitrogens with one attached hydrogen (secondary N) is 1. The van der Waals surface area contributed by atoms with Crippen molar-refractivity contribution in [3.05, 3.63) is 58.6 Å². The largest absolute Gasteiger partial charge is 0.379 e. The predicted molar refractivity (Wildman–Crippen MR) is 113 cm³/mol. The number of carbonyl (C=O) groups excluding carboxylic acids is 2. The second-order valence-corrected chi connectivity index (χ2v) is 9.28. The average Bonchev–Trinajstić information content (AvgIpc) is 2.75. The van der Waals surface area contributed by atoms with Crippen LogP contribution in [0.4, 0.5) is 14.5 Å². The van der Waals surface area contributed by atoms with Crippen LogP contribution in [-0.4, -0.2) is 69.3 Å². The van der Waals surface area contributed by atoms with Crippen LogP contribution in [0.2, 0.25) is 5.02 Å². The van der Waals surface area contributed by atoms with Crippen LogP contribution in [0.25, 0.3) is 0 Å². The number of benzene rings is 2. The second kappa shape index (κ2) is 9.90. The van der Waals surface area contributed by atoms with Gasteiger partial charge in [-0.15, -0.1) is 0 Å². The van der Waals surface area contributed by atoms with Crippen LogP contribution in [0.3, 0.4) is 0 Å². The highest BCUT2D eigenvalue weighted by Gasteiger charge is 2.29. The van der Waals surface area contributed by atoms with Crippen molar-refractivity contribution in [2.75, 3.05) is 45.2 Å². The topological polar surface area (TPSA) is 96.0 Å². The lowest BCUT2D eigenvalue weighted by atomic mass is 10.1. The van der Waals surface area contributed by atoms with Crippen molar-refractivity contribution >= 4 is 39.1 Å². The number of morpholine rings is 1. The van der Waals surface area contributed by atoms with E-state index in [4.69, 9.17) is 16.3 Å². The zero-order valence-corrected chi connectivity index (χ0v) is 18.5. The normalized spacial score (nSPS) is 14.8. The van der Waals surface area contributed by atoms with Gasteiger partial charge in [0.15, 0.2) is 0 Å². The van der Waals surface area contributed by atoms with Crippen molar-refractivity contribution < 1.29 is 31.5 Å². The number of hydrogen-bond donors (Lipinski definition) is 1. The van der Waals surface area contributed by atoms with E-state index in [0.29, 0.717) is 0 Å². The molecule has 1 aliphatic heterocycles. The fourth-order valence-corrected chi connectivity index (χ4v) is 4.99. The van der Waals surface area contributed by atoms with Gasteiger partial charge in [-0.25, -0.2) is 17.2 Å². The van der Waals surface area contributed by atoms with Crippen molar-refractivity contribution in [3.63, 3.8) is 0 Å². The quantitative estimate of drug-likeness (QED) is 0.674. The molecule has 32 heavy (non-hydrogen) atoms. The average molecular weight is 488 g/mol. The fraction of sp³-hybridized carbons (Fsp3) is 0.300. The second-order valence-electron chi connectivity index (χ2n) is 6.97. The van der Waals surface area contributed by atoms with Crippen molar-refractivity contribution in [1.82, 2.24) is 9.21 Å². The maximum Gasteiger partial charge on any atom is 0.260 e. The molecule has 0 aromatic heterocycles. The molecule has 0 spiro atoms. The number of anilines is 1. The first kappa shape index (κ1) is 24.1. The van der Waals surface area contributed by atoms with Gasteiger partial charge in [0.05, 0.1) is 24.8 Å². The van der Waals surface area contributed by atoms with Crippen LogP contribution in [0, 0.1) is 11.6 Å². The van der Waals surface area contributed by atoms with Gasteiger partial charge in [-0.3, -0.25) is 9.59 Å². The van der Waals surface area contributed by atoms with Crippen molar-refractivity contribution in [3.8, 4) is 0 Å². The number of halogens is 3. The summed E-state index contributed by atoms with van der Waals surface area (Å²) >= 11 is 6.09. The van der Waals surface area contributed by atoms with E-state index in [9.17, 15) is 26.8 Å². The molecule has 1 fully saturated rings. The number of rotatable bonds is 6. The van der Waals surface area contributed by atoms with Crippen molar-refractivity contribution in [2.45, 2.75) is 4.90 Å². The van der Waals surface area contributed by atoms with Crippen LogP contribution in [0.15, 0.2) is 41.3 Å². The lowest BCUT2D eigenvalue weighted by molar-refractivity contribution is -0.116. The van der Waals surface area contributed by atoms with Gasteiger partial charge in [-0.05, 0) is 30.3 Å². The van der Waals surface area contributed by atoms with E-state index < -0.39 is 45.6 Å². The number of hydrogen-bond acceptors (Lipinski definition) is 5. The molecule has 1 aliphatic rings. The van der Waals surface area contributed by atoms with Crippen LogP contribution >= 0.6 is 11.6 Å². The summed E-state index contributed by atoms with van der Waals surface area (Å²) in [6, 6.07) is 6.94. The van der Waals surface area contributed by atoms with Gasteiger partial charge in [0, 0.05) is 25.8 Å². The molecule has 172 valence electrons. The third-order valence-electron chi connectivity index (χ3n) is 4.71. The molecule has 12 heteroatoms. The third-order valence-corrected chi connectivity index (χ3v) is 7.09. The zero-order chi connectivity index (χ0) is 23.5. The van der Waals surface area contributed by atoms with E-state index in [2.05, 4.69) is 5.32 Å². The van der Waals surface area contributed by atoms with Crippen LogP contribution < -0.4 is 5.32 Å². The van der Waals surface area contributed by atoms with Gasteiger partial charge < -0.3 is 15.0 Å². The van der Waals surface area contributed by atoms with E-state index >= 15 is 0 Å². The van der Waals surface area contributed by atoms with Gasteiger partial charge in [-0.2, -0.15) is 4.31 Å². The smallest absolute Gasteiger partial charge is 0.260 e. The fourth-order valence-electron chi connectivity index (χ4n) is 3.09. The molecule has 0 saturated carbocycles. The Kier molecular flexibility index (Phi) is 7.44. The number of nitrogens with zero attached hydrogens (tertiary/aromatic N) is 2. The van der Waals surface area contributed by atoms with E-state index in [0.717, 1.165) is 23.1 Å². The molecule has 2 aromatic carbocycles. The van der Waals surface area contributed by atoms with Gasteiger partial charge in [-0.1, -0.05) is 17.7 Å². The molecular weight excluding hydrogens is 468 g/mol. The molecule has 2 aromatic rings. The Bertz CT molecular complexity index is 1120. The summed E-state index contributed by atoms with van der Waals surface area (Å²) in [5, 5.41) is 2.45. The molecule has 1 saturated heterocycles. The van der Waals surface area contributed by atoms with E-state index in [1.54, 1.807) is 0 Å². The number of amides is 2. The maximum atomic E-state index is 13.8. The van der Waals surface area contributed by atoms with Crippen LogP contribution in [0.5, 0.6) is 0 Å². The Labute approximate surface area is 188 Å². The van der Waals surface area contributed by atoms with Gasteiger partial charge in [0.1, 0.15) is 22.1 Å². The lowest BCUT2D eigenvalue weighted by Crippen LogP contribution is -2.40. The Balaban J connectivity index is 1.73. The Morgan fingerprint density at radius 1 is 1.16 bits per heavy atom. The summed E-state index contributed by atoms with van der Waals surface area (Å²) in [6.45, 7) is 0.344. The highest BCUT2D eigenvalue weighted by molar-refractivity contribution is 7.89. The molecule has 1 N–H and O–H groups in total. The Morgan fingerprint density at radius 2 is 1.78 bits per heavy atom. The first-order valence-electron chi connectivity index (χ1n) is 9.48. The molecule has 1 heterocycles. The lowest BCUT2D eigenvalue weighted by Gasteiger charge is -2.26. The Hall–Kier alpha value is -2.60. The first-order valence-corrected chi connectivity index (χ1v) is 11.3. The molecule has 0 unspecified atom stereocenters. The minimum Gasteiger partial charge on any atom is -0.379 e. The SMILES string of the molecule is CN(CC(=O)Nc1ccc(Cl)c(S(=O)(=O)N2CCOCC2)c1)C(=O)c1c(F)cccc1F. The molecular formula is C20H20ClF2N3O5S. The van der Waals surface area contributed by atoms with Crippen molar-refractivity contribution in [2.24, 2.45) is 0 Å². The minimum absolute atomic E-state index is 0.0168. The third kappa shape index (κ3) is 5.23. The van der Waals surface area contributed by atoms with Crippen molar-refractivity contribution in [1.29, 1.82) is 0 Å². The monoisotopic (exact) mass is 487 g/mol. The standard InChI is InChI=1S/C20H20ClF2N3O5S/c1-25(20(28)19-15(22)3-2-4-16(19)23)12-18(27)24-13-5-6-14(21)17(11-13)32(29,30)26-7-9-31-10-8-26/h2-6,11H,7-10,12H2,1H3,(H,24,27). The summed E-state index contributed by atoms with van der Waals surface area (Å²) < 4.78 is 59.8. The van der Waals surface area contributed by atoms with Gasteiger partial charge in [0.25, 0.3) is 5.91 Å². The summed E-state index contributed by atoms with van der Waals surface area (Å²) in [6.07, 6.45) is 0. The maximum absolute atomic E-state index is 13.8. The highest BCUT2D eigenvalue weighted by Crippen LogP contribution is 2.28.